The molecule has 0 saturated heterocycles. The quantitative estimate of drug-likeness (QED) is 0.824. The molecule has 0 heterocycles. The number of hydrogen-bond acceptors (Lipinski definition) is 1. The van der Waals surface area contributed by atoms with Gasteiger partial charge in [0.1, 0.15) is 0 Å². The number of nitrogens with one attached hydrogen (secondary N) is 1. The van der Waals surface area contributed by atoms with Crippen LogP contribution in [0.5, 0.6) is 0 Å². The van der Waals surface area contributed by atoms with E-state index >= 15 is 0 Å². The van der Waals surface area contributed by atoms with E-state index < -0.39 is 11.7 Å². The summed E-state index contributed by atoms with van der Waals surface area (Å²) in [7, 11) is 0. The lowest BCUT2D eigenvalue weighted by atomic mass is 9.78. The minimum Gasteiger partial charge on any atom is -0.310 e. The number of halogens is 3. The lowest BCUT2D eigenvalue weighted by molar-refractivity contribution is -0.137. The maximum Gasteiger partial charge on any atom is 0.416 e. The van der Waals surface area contributed by atoms with Gasteiger partial charge in [-0.05, 0) is 36.3 Å². The molecule has 0 aromatic heterocycles. The summed E-state index contributed by atoms with van der Waals surface area (Å²) in [4.78, 5) is 0. The van der Waals surface area contributed by atoms with Gasteiger partial charge in [0.05, 0.1) is 5.56 Å². The highest BCUT2D eigenvalue weighted by Crippen LogP contribution is 2.31. The smallest absolute Gasteiger partial charge is 0.310 e. The first kappa shape index (κ1) is 16.3. The van der Waals surface area contributed by atoms with E-state index in [0.29, 0.717) is 30.0 Å². The summed E-state index contributed by atoms with van der Waals surface area (Å²) in [6.45, 7) is 4.97. The van der Waals surface area contributed by atoms with Crippen LogP contribution in [0.2, 0.25) is 0 Å². The zero-order valence-electron chi connectivity index (χ0n) is 12.7. The Balaban J connectivity index is 1.99. The second-order valence-corrected chi connectivity index (χ2v) is 6.38. The SMILES string of the molecule is CC(C)C1CCCCC1NCc1cccc(C(F)(F)F)c1. The fourth-order valence-corrected chi connectivity index (χ4v) is 3.32. The number of alkyl halides is 3. The van der Waals surface area contributed by atoms with Crippen molar-refractivity contribution in [3.05, 3.63) is 35.4 Å². The predicted octanol–water partition coefficient (Wildman–Crippen LogP) is 5.01. The fourth-order valence-electron chi connectivity index (χ4n) is 3.32. The van der Waals surface area contributed by atoms with Crippen LogP contribution in [0, 0.1) is 11.8 Å². The highest BCUT2D eigenvalue weighted by molar-refractivity contribution is 5.25. The monoisotopic (exact) mass is 299 g/mol. The summed E-state index contributed by atoms with van der Waals surface area (Å²) in [5.74, 6) is 1.24. The van der Waals surface area contributed by atoms with E-state index in [2.05, 4.69) is 19.2 Å². The Bertz CT molecular complexity index is 454. The molecule has 2 unspecified atom stereocenters. The molecule has 0 aliphatic heterocycles. The molecular formula is C17H24F3N. The first-order chi connectivity index (χ1) is 9.88. The van der Waals surface area contributed by atoms with Gasteiger partial charge in [0.2, 0.25) is 0 Å². The molecule has 0 spiro atoms. The molecule has 1 saturated carbocycles. The third-order valence-corrected chi connectivity index (χ3v) is 4.50. The van der Waals surface area contributed by atoms with Crippen LogP contribution in [0.15, 0.2) is 24.3 Å². The third kappa shape index (κ3) is 4.47. The lowest BCUT2D eigenvalue weighted by Crippen LogP contribution is -2.40. The van der Waals surface area contributed by atoms with E-state index in [1.165, 1.54) is 31.4 Å². The van der Waals surface area contributed by atoms with Crippen molar-refractivity contribution in [2.75, 3.05) is 0 Å². The van der Waals surface area contributed by atoms with E-state index in [1.807, 2.05) is 0 Å². The largest absolute Gasteiger partial charge is 0.416 e. The Hall–Kier alpha value is -1.03. The highest BCUT2D eigenvalue weighted by Gasteiger charge is 2.30. The van der Waals surface area contributed by atoms with Crippen LogP contribution in [-0.4, -0.2) is 6.04 Å². The topological polar surface area (TPSA) is 12.0 Å². The summed E-state index contributed by atoms with van der Waals surface area (Å²) < 4.78 is 38.1. The number of hydrogen-bond donors (Lipinski definition) is 1. The van der Waals surface area contributed by atoms with Crippen LogP contribution in [0.25, 0.3) is 0 Å². The minimum atomic E-state index is -4.26. The van der Waals surface area contributed by atoms with E-state index in [-0.39, 0.29) is 0 Å². The van der Waals surface area contributed by atoms with E-state index in [9.17, 15) is 13.2 Å². The van der Waals surface area contributed by atoms with Crippen LogP contribution in [0.1, 0.15) is 50.7 Å². The van der Waals surface area contributed by atoms with Gasteiger partial charge in [0, 0.05) is 12.6 Å². The van der Waals surface area contributed by atoms with Gasteiger partial charge >= 0.3 is 6.18 Å². The van der Waals surface area contributed by atoms with E-state index in [1.54, 1.807) is 6.07 Å². The maximum atomic E-state index is 12.7. The summed E-state index contributed by atoms with van der Waals surface area (Å²) in [5.41, 5.74) is 0.142. The van der Waals surface area contributed by atoms with E-state index in [4.69, 9.17) is 0 Å². The third-order valence-electron chi connectivity index (χ3n) is 4.50. The summed E-state index contributed by atoms with van der Waals surface area (Å²) in [6, 6.07) is 6.05. The fraction of sp³-hybridized carbons (Fsp3) is 0.647. The Morgan fingerprint density at radius 3 is 2.57 bits per heavy atom. The molecule has 0 radical (unpaired) electrons. The Labute approximate surface area is 124 Å². The van der Waals surface area contributed by atoms with Crippen molar-refractivity contribution in [2.24, 2.45) is 11.8 Å². The van der Waals surface area contributed by atoms with Crippen molar-refractivity contribution < 1.29 is 13.2 Å². The molecule has 1 aromatic carbocycles. The van der Waals surface area contributed by atoms with Gasteiger partial charge in [0.15, 0.2) is 0 Å². The first-order valence-corrected chi connectivity index (χ1v) is 7.77. The van der Waals surface area contributed by atoms with Crippen molar-refractivity contribution >= 4 is 0 Å². The molecule has 0 bridgehead atoms. The summed E-state index contributed by atoms with van der Waals surface area (Å²) >= 11 is 0. The molecule has 1 nitrogen and oxygen atoms in total. The number of rotatable bonds is 4. The molecule has 21 heavy (non-hydrogen) atoms. The van der Waals surface area contributed by atoms with Crippen LogP contribution in [0.4, 0.5) is 13.2 Å². The van der Waals surface area contributed by atoms with Gasteiger partial charge in [-0.3, -0.25) is 0 Å². The molecule has 1 aromatic rings. The highest BCUT2D eigenvalue weighted by atomic mass is 19.4. The van der Waals surface area contributed by atoms with Crippen LogP contribution >= 0.6 is 0 Å². The van der Waals surface area contributed by atoms with Gasteiger partial charge in [-0.1, -0.05) is 44.9 Å². The predicted molar refractivity (Wildman–Crippen MR) is 78.9 cm³/mol. The van der Waals surface area contributed by atoms with Crippen molar-refractivity contribution in [1.29, 1.82) is 0 Å². The van der Waals surface area contributed by atoms with Crippen LogP contribution < -0.4 is 5.32 Å². The standard InChI is InChI=1S/C17H24F3N/c1-12(2)15-8-3-4-9-16(15)21-11-13-6-5-7-14(10-13)17(18,19)20/h5-7,10,12,15-16,21H,3-4,8-9,11H2,1-2H3. The number of benzene rings is 1. The molecule has 2 atom stereocenters. The van der Waals surface area contributed by atoms with E-state index in [0.717, 1.165) is 12.5 Å². The van der Waals surface area contributed by atoms with Crippen molar-refractivity contribution in [3.8, 4) is 0 Å². The Morgan fingerprint density at radius 1 is 1.19 bits per heavy atom. The molecule has 4 heteroatoms. The van der Waals surface area contributed by atoms with Gasteiger partial charge in [0.25, 0.3) is 0 Å². The van der Waals surface area contributed by atoms with Crippen molar-refractivity contribution in [3.63, 3.8) is 0 Å². The second kappa shape index (κ2) is 6.82. The molecule has 1 aliphatic carbocycles. The molecule has 118 valence electrons. The molecular weight excluding hydrogens is 275 g/mol. The zero-order valence-corrected chi connectivity index (χ0v) is 12.7. The average molecular weight is 299 g/mol. The van der Waals surface area contributed by atoms with Crippen LogP contribution in [-0.2, 0) is 12.7 Å². The van der Waals surface area contributed by atoms with Gasteiger partial charge in [-0.2, -0.15) is 13.2 Å². The molecule has 1 N–H and O–H groups in total. The molecule has 0 amide bonds. The average Bonchev–Trinajstić information content (AvgIpc) is 2.45. The maximum absolute atomic E-state index is 12.7. The molecule has 1 aliphatic rings. The Morgan fingerprint density at radius 2 is 1.90 bits per heavy atom. The molecule has 1 fully saturated rings. The summed E-state index contributed by atoms with van der Waals surface area (Å²) in [6.07, 6.45) is 0.565. The van der Waals surface area contributed by atoms with Crippen LogP contribution in [0.3, 0.4) is 0 Å². The van der Waals surface area contributed by atoms with Crippen molar-refractivity contribution in [1.82, 2.24) is 5.32 Å². The van der Waals surface area contributed by atoms with Gasteiger partial charge < -0.3 is 5.32 Å². The van der Waals surface area contributed by atoms with Crippen molar-refractivity contribution in [2.45, 2.75) is 58.3 Å². The normalized spacial score (nSPS) is 23.5. The van der Waals surface area contributed by atoms with Gasteiger partial charge in [-0.25, -0.2) is 0 Å². The lowest BCUT2D eigenvalue weighted by Gasteiger charge is -2.35. The summed E-state index contributed by atoms with van der Waals surface area (Å²) in [5, 5.41) is 3.48. The Kier molecular flexibility index (Phi) is 5.31. The molecule has 2 rings (SSSR count). The zero-order chi connectivity index (χ0) is 15.5. The second-order valence-electron chi connectivity index (χ2n) is 6.38. The first-order valence-electron chi connectivity index (χ1n) is 7.77. The van der Waals surface area contributed by atoms with Gasteiger partial charge in [-0.15, -0.1) is 0 Å². The minimum absolute atomic E-state index is 0.424.